The molecule has 22 nitrogen and oxygen atoms in total. The van der Waals surface area contributed by atoms with Gasteiger partial charge in [0.25, 0.3) is 0 Å². The van der Waals surface area contributed by atoms with E-state index in [4.69, 9.17) is 36.1 Å². The molecule has 2 fully saturated rings. The Kier molecular flexibility index (Phi) is 15.6. The number of morpholine rings is 2. The minimum absolute atomic E-state index is 0.0244. The van der Waals surface area contributed by atoms with E-state index in [0.717, 1.165) is 0 Å². The number of nitrogens with one attached hydrogen (secondary N) is 3. The van der Waals surface area contributed by atoms with Crippen molar-refractivity contribution in [2.75, 3.05) is 94.8 Å². The molecule has 62 heavy (non-hydrogen) atoms. The summed E-state index contributed by atoms with van der Waals surface area (Å²) in [4.78, 5) is 62.7. The number of nitrogens with two attached hydrogens (primary N) is 3. The highest BCUT2D eigenvalue weighted by Gasteiger charge is 2.29. The highest BCUT2D eigenvalue weighted by atomic mass is 16.5. The predicted molar refractivity (Wildman–Crippen MR) is 227 cm³/mol. The van der Waals surface area contributed by atoms with Crippen molar-refractivity contribution >= 4 is 69.8 Å². The van der Waals surface area contributed by atoms with Crippen molar-refractivity contribution in [3.8, 4) is 11.5 Å². The summed E-state index contributed by atoms with van der Waals surface area (Å²) in [6.07, 6.45) is -0.641. The van der Waals surface area contributed by atoms with Crippen LogP contribution < -0.4 is 42.6 Å². The molecule has 0 radical (unpaired) electrons. The first-order chi connectivity index (χ1) is 29.9. The molecule has 2 aliphatic rings. The Morgan fingerprint density at radius 1 is 0.758 bits per heavy atom. The quantitative estimate of drug-likeness (QED) is 0.0536. The number of carbonyl (C=O) groups excluding carboxylic acids is 4. The first-order valence-corrected chi connectivity index (χ1v) is 19.6. The number of anilines is 4. The fraction of sp³-hybridized carbons (Fsp3) is 0.350. The van der Waals surface area contributed by atoms with E-state index >= 15 is 0 Å². The summed E-state index contributed by atoms with van der Waals surface area (Å²) in [6, 6.07) is 17.1. The number of nitrogen functional groups attached to an aromatic ring is 2. The monoisotopic (exact) mass is 852 g/mol. The summed E-state index contributed by atoms with van der Waals surface area (Å²) >= 11 is 0. The van der Waals surface area contributed by atoms with Gasteiger partial charge in [0.2, 0.25) is 11.8 Å². The number of aromatic nitrogens is 2. The largest absolute Gasteiger partial charge is 0.423 e. The van der Waals surface area contributed by atoms with Gasteiger partial charge in [0.15, 0.2) is 23.1 Å². The third-order valence-electron chi connectivity index (χ3n) is 9.25. The zero-order valence-corrected chi connectivity index (χ0v) is 34.2. The number of hydrogen-bond acceptors (Lipinski definition) is 20. The lowest BCUT2D eigenvalue weighted by Crippen LogP contribution is -2.42. The zero-order valence-electron chi connectivity index (χ0n) is 34.2. The van der Waals surface area contributed by atoms with Gasteiger partial charge in [-0.1, -0.05) is 24.3 Å². The van der Waals surface area contributed by atoms with Crippen LogP contribution in [0.3, 0.4) is 0 Å². The summed E-state index contributed by atoms with van der Waals surface area (Å²) < 4.78 is 23.2. The fourth-order valence-corrected chi connectivity index (χ4v) is 6.13. The maximum absolute atomic E-state index is 13.4. The number of pyridine rings is 2. The van der Waals surface area contributed by atoms with Crippen LogP contribution in [0.5, 0.6) is 11.5 Å². The van der Waals surface area contributed by atoms with Crippen molar-refractivity contribution in [2.45, 2.75) is 19.1 Å². The van der Waals surface area contributed by atoms with E-state index < -0.39 is 30.0 Å². The molecule has 9 N–H and O–H groups in total. The van der Waals surface area contributed by atoms with E-state index in [2.05, 4.69) is 46.4 Å². The molecule has 0 bridgehead atoms. The molecule has 4 aromatic rings. The first kappa shape index (κ1) is 44.7. The van der Waals surface area contributed by atoms with E-state index in [0.29, 0.717) is 38.4 Å². The number of esters is 2. The molecule has 0 spiro atoms. The predicted octanol–water partition coefficient (Wildman–Crippen LogP) is 3.13. The number of para-hydroxylation sites is 1. The molecule has 22 heteroatoms. The topological polar surface area (TPSA) is 301 Å². The van der Waals surface area contributed by atoms with Crippen LogP contribution >= 0.6 is 0 Å². The van der Waals surface area contributed by atoms with Gasteiger partial charge < -0.3 is 52.1 Å². The van der Waals surface area contributed by atoms with E-state index in [9.17, 15) is 19.2 Å². The number of benzene rings is 2. The fourth-order valence-electron chi connectivity index (χ4n) is 6.13. The summed E-state index contributed by atoms with van der Waals surface area (Å²) in [5.74, 6) is -1.05. The van der Waals surface area contributed by atoms with Gasteiger partial charge in [-0.05, 0) is 56.4 Å². The number of rotatable bonds is 16. The lowest BCUT2D eigenvalue weighted by Gasteiger charge is -2.33. The van der Waals surface area contributed by atoms with Gasteiger partial charge in [-0.15, -0.1) is 20.5 Å². The Morgan fingerprint density at radius 3 is 2.03 bits per heavy atom. The van der Waals surface area contributed by atoms with E-state index in [-0.39, 0.29) is 96.2 Å². The van der Waals surface area contributed by atoms with Gasteiger partial charge in [-0.2, -0.15) is 0 Å². The number of nitrogens with zero attached hydrogens (tertiary/aromatic N) is 8. The Morgan fingerprint density at radius 2 is 1.35 bits per heavy atom. The highest BCUT2D eigenvalue weighted by Crippen LogP contribution is 2.40. The minimum atomic E-state index is -0.761. The molecule has 2 atom stereocenters. The van der Waals surface area contributed by atoms with E-state index in [1.807, 2.05) is 9.80 Å². The lowest BCUT2D eigenvalue weighted by atomic mass is 10.0. The average Bonchev–Trinajstić information content (AvgIpc) is 3.24. The molecule has 2 aromatic carbocycles. The molecule has 1 unspecified atom stereocenters. The molecular formula is C40H48N14O8. The normalized spacial score (nSPS) is 16.5. The van der Waals surface area contributed by atoms with Crippen LogP contribution in [0.25, 0.3) is 0 Å². The molecule has 4 heterocycles. The Balaban J connectivity index is 1.16. The van der Waals surface area contributed by atoms with Gasteiger partial charge in [0.1, 0.15) is 34.4 Å². The maximum atomic E-state index is 13.4. The lowest BCUT2D eigenvalue weighted by molar-refractivity contribution is -0.138. The molecule has 2 saturated heterocycles. The third-order valence-corrected chi connectivity index (χ3v) is 9.25. The van der Waals surface area contributed by atoms with Crippen LogP contribution in [0.1, 0.15) is 18.6 Å². The number of ether oxygens (including phenoxy) is 4. The van der Waals surface area contributed by atoms with Crippen LogP contribution in [0.15, 0.2) is 87.2 Å². The number of carbonyl (C=O) groups is 4. The van der Waals surface area contributed by atoms with Crippen molar-refractivity contribution in [1.82, 2.24) is 25.1 Å². The minimum Gasteiger partial charge on any atom is -0.423 e. The second-order valence-corrected chi connectivity index (χ2v) is 14.1. The number of amides is 2. The van der Waals surface area contributed by atoms with Crippen molar-refractivity contribution < 1.29 is 38.1 Å². The third kappa shape index (κ3) is 12.6. The molecule has 2 aromatic heterocycles. The Labute approximate surface area is 356 Å². The standard InChI is InChI=1S/C40H48N14O8/c1-24(41)40(58)48-33-13-11-28(39(43)47-33)51-52-37-25(6-5-9-30(37)62-35(56)22-53-14-17-59-18-15-53)31-21-54(16-19-60-31)23-36(57)61-29-8-4-3-7-26(29)49-50-27-10-12-32(46-38(27)42)45-34(55)20-44-2/h3-13,24,31,44H,14-23,41H2,1-2H3,(H3,42,45,46,55)(H3,43,47,48,58)/t24-,31?/m0/s1. The van der Waals surface area contributed by atoms with Crippen molar-refractivity contribution in [2.24, 2.45) is 26.2 Å². The molecule has 2 amide bonds. The molecule has 0 aliphatic carbocycles. The Hall–Kier alpha value is -6.82. The highest BCUT2D eigenvalue weighted by molar-refractivity contribution is 5.94. The van der Waals surface area contributed by atoms with Crippen molar-refractivity contribution in [3.05, 3.63) is 72.3 Å². The van der Waals surface area contributed by atoms with Gasteiger partial charge in [-0.3, -0.25) is 29.0 Å². The smallest absolute Gasteiger partial charge is 0.325 e. The van der Waals surface area contributed by atoms with Crippen LogP contribution in [-0.4, -0.2) is 122 Å². The molecule has 0 saturated carbocycles. The van der Waals surface area contributed by atoms with Gasteiger partial charge >= 0.3 is 11.9 Å². The van der Waals surface area contributed by atoms with Gasteiger partial charge in [-0.25, -0.2) is 9.97 Å². The van der Waals surface area contributed by atoms with Gasteiger partial charge in [0.05, 0.1) is 51.6 Å². The van der Waals surface area contributed by atoms with Gasteiger partial charge in [0, 0.05) is 31.7 Å². The van der Waals surface area contributed by atoms with Crippen LogP contribution in [0.4, 0.5) is 46.0 Å². The average molecular weight is 853 g/mol. The zero-order chi connectivity index (χ0) is 44.0. The SMILES string of the molecule is CNCC(=O)Nc1ccc(N=Nc2ccccc2OC(=O)CN2CCOC(c3cccc(OC(=O)CN4CCOCC4)c3N=Nc3ccc(NC(=O)[C@H](C)N)nc3N)C2)c(N)n1. The molecule has 2 aliphatic heterocycles. The summed E-state index contributed by atoms with van der Waals surface area (Å²) in [6.45, 7) is 4.65. The number of azo groups is 2. The van der Waals surface area contributed by atoms with Crippen molar-refractivity contribution in [1.29, 1.82) is 0 Å². The number of likely N-dealkylation sites (N-methyl/N-ethyl adjacent to an activating group) is 1. The summed E-state index contributed by atoms with van der Waals surface area (Å²) in [5.41, 5.74) is 19.3. The van der Waals surface area contributed by atoms with Crippen molar-refractivity contribution in [3.63, 3.8) is 0 Å². The summed E-state index contributed by atoms with van der Waals surface area (Å²) in [7, 11) is 1.65. The van der Waals surface area contributed by atoms with E-state index in [1.165, 1.54) is 19.1 Å². The molecule has 326 valence electrons. The second kappa shape index (κ2) is 21.6. The second-order valence-electron chi connectivity index (χ2n) is 14.1. The van der Waals surface area contributed by atoms with Crippen LogP contribution in [0, 0.1) is 0 Å². The van der Waals surface area contributed by atoms with E-state index in [1.54, 1.807) is 61.6 Å². The van der Waals surface area contributed by atoms with Crippen LogP contribution in [-0.2, 0) is 28.7 Å². The molecule has 6 rings (SSSR count). The first-order valence-electron chi connectivity index (χ1n) is 19.6. The molecular weight excluding hydrogens is 805 g/mol. The maximum Gasteiger partial charge on any atom is 0.325 e. The van der Waals surface area contributed by atoms with Crippen LogP contribution in [0.2, 0.25) is 0 Å². The number of hydrogen-bond donors (Lipinski definition) is 6. The summed E-state index contributed by atoms with van der Waals surface area (Å²) in [5, 5.41) is 25.2. The Bertz CT molecular complexity index is 2300.